The number of nitrogens with zero attached hydrogens (tertiary/aromatic N) is 1. The first kappa shape index (κ1) is 17.4. The zero-order chi connectivity index (χ0) is 15.0. The van der Waals surface area contributed by atoms with Crippen LogP contribution in [0.15, 0.2) is 12.1 Å². The lowest BCUT2D eigenvalue weighted by Crippen LogP contribution is -2.48. The molecule has 2 N–H and O–H groups in total. The molecule has 0 aromatic carbocycles. The number of carbonyl (C=O) groups excluding carboxylic acids is 1. The molecule has 1 saturated heterocycles. The smallest absolute Gasteiger partial charge is 0.229 e. The van der Waals surface area contributed by atoms with Crippen molar-refractivity contribution in [3.8, 4) is 10.6 Å². The molecular weight excluding hydrogens is 338 g/mol. The second kappa shape index (κ2) is 7.08. The third-order valence-corrected chi connectivity index (χ3v) is 5.83. The van der Waals surface area contributed by atoms with Gasteiger partial charge >= 0.3 is 0 Å². The first-order chi connectivity index (χ1) is 10.0. The Morgan fingerprint density at radius 3 is 2.64 bits per heavy atom. The molecule has 120 valence electrons. The lowest BCUT2D eigenvalue weighted by Gasteiger charge is -2.31. The van der Waals surface area contributed by atoms with E-state index < -0.39 is 0 Å². The van der Waals surface area contributed by atoms with E-state index in [2.05, 4.69) is 41.6 Å². The number of thiophene rings is 1. The van der Waals surface area contributed by atoms with Gasteiger partial charge in [-0.25, -0.2) is 4.98 Å². The topological polar surface area (TPSA) is 54.0 Å². The zero-order valence-corrected chi connectivity index (χ0v) is 15.3. The molecule has 1 unspecified atom stereocenters. The molecular formula is C15H20ClN3OS2. The highest BCUT2D eigenvalue weighted by Gasteiger charge is 2.29. The van der Waals surface area contributed by atoms with Crippen molar-refractivity contribution in [2.75, 3.05) is 18.4 Å². The van der Waals surface area contributed by atoms with E-state index in [-0.39, 0.29) is 24.2 Å². The second-order valence-corrected chi connectivity index (χ2v) is 8.02. The van der Waals surface area contributed by atoms with E-state index in [1.807, 2.05) is 6.92 Å². The Kier molecular flexibility index (Phi) is 5.60. The first-order valence-corrected chi connectivity index (χ1v) is 8.73. The van der Waals surface area contributed by atoms with Gasteiger partial charge in [0.2, 0.25) is 5.91 Å². The predicted molar refractivity (Wildman–Crippen MR) is 96.3 cm³/mol. The van der Waals surface area contributed by atoms with E-state index in [4.69, 9.17) is 0 Å². The van der Waals surface area contributed by atoms with Crippen LogP contribution >= 0.6 is 35.1 Å². The van der Waals surface area contributed by atoms with Gasteiger partial charge in [0.05, 0.1) is 10.6 Å². The average molecular weight is 358 g/mol. The molecule has 0 radical (unpaired) electrons. The van der Waals surface area contributed by atoms with Crippen molar-refractivity contribution < 1.29 is 4.79 Å². The number of amides is 1. The van der Waals surface area contributed by atoms with E-state index in [9.17, 15) is 4.79 Å². The fourth-order valence-electron chi connectivity index (χ4n) is 2.34. The van der Waals surface area contributed by atoms with Crippen LogP contribution in [0.1, 0.15) is 16.7 Å². The number of hydrogen-bond acceptors (Lipinski definition) is 5. The van der Waals surface area contributed by atoms with Gasteiger partial charge < -0.3 is 10.6 Å². The molecule has 1 aliphatic heterocycles. The summed E-state index contributed by atoms with van der Waals surface area (Å²) in [5.41, 5.74) is 0.992. The van der Waals surface area contributed by atoms with Crippen LogP contribution in [0.25, 0.3) is 10.6 Å². The summed E-state index contributed by atoms with van der Waals surface area (Å²) in [5.74, 6) is 0.553. The quantitative estimate of drug-likeness (QED) is 0.877. The fraction of sp³-hybridized carbons (Fsp3) is 0.467. The predicted octanol–water partition coefficient (Wildman–Crippen LogP) is 3.70. The SMILES string of the molecule is Cc1ccc(-c2nc(NC(=O)C(C)C3CNC3)sc2C)s1.Cl. The fourth-order valence-corrected chi connectivity index (χ4v) is 4.15. The van der Waals surface area contributed by atoms with Crippen LogP contribution in [-0.4, -0.2) is 24.0 Å². The molecule has 3 rings (SSSR count). The minimum absolute atomic E-state index is 0. The number of hydrogen-bond donors (Lipinski definition) is 2. The first-order valence-electron chi connectivity index (χ1n) is 7.10. The van der Waals surface area contributed by atoms with E-state index >= 15 is 0 Å². The molecule has 0 spiro atoms. The number of aromatic nitrogens is 1. The van der Waals surface area contributed by atoms with E-state index in [1.165, 1.54) is 4.88 Å². The number of rotatable bonds is 4. The second-order valence-electron chi connectivity index (χ2n) is 5.53. The molecule has 1 aliphatic rings. The summed E-state index contributed by atoms with van der Waals surface area (Å²) in [6.07, 6.45) is 0. The summed E-state index contributed by atoms with van der Waals surface area (Å²) in [6, 6.07) is 4.19. The van der Waals surface area contributed by atoms with Gasteiger partial charge in [-0.2, -0.15) is 0 Å². The third kappa shape index (κ3) is 3.51. The van der Waals surface area contributed by atoms with Crippen molar-refractivity contribution in [3.63, 3.8) is 0 Å². The Hall–Kier alpha value is -0.950. The van der Waals surface area contributed by atoms with Crippen LogP contribution in [-0.2, 0) is 4.79 Å². The summed E-state index contributed by atoms with van der Waals surface area (Å²) in [7, 11) is 0. The van der Waals surface area contributed by atoms with Gasteiger partial charge in [0.15, 0.2) is 5.13 Å². The molecule has 7 heteroatoms. The van der Waals surface area contributed by atoms with E-state index in [0.717, 1.165) is 28.5 Å². The van der Waals surface area contributed by atoms with E-state index in [1.54, 1.807) is 22.7 Å². The average Bonchev–Trinajstić information content (AvgIpc) is 2.93. The maximum atomic E-state index is 12.2. The lowest BCUT2D eigenvalue weighted by atomic mass is 9.88. The maximum absolute atomic E-state index is 12.2. The molecule has 0 bridgehead atoms. The summed E-state index contributed by atoms with van der Waals surface area (Å²) in [5, 5.41) is 6.89. The highest BCUT2D eigenvalue weighted by Crippen LogP contribution is 2.34. The maximum Gasteiger partial charge on any atom is 0.229 e. The number of anilines is 1. The Labute approximate surface area is 144 Å². The molecule has 1 atom stereocenters. The van der Waals surface area contributed by atoms with Crippen molar-refractivity contribution in [2.45, 2.75) is 20.8 Å². The van der Waals surface area contributed by atoms with Crippen LogP contribution in [0.5, 0.6) is 0 Å². The van der Waals surface area contributed by atoms with Crippen LogP contribution in [0.3, 0.4) is 0 Å². The van der Waals surface area contributed by atoms with Gasteiger partial charge in [0.25, 0.3) is 0 Å². The number of halogens is 1. The molecule has 1 amide bonds. The molecule has 3 heterocycles. The monoisotopic (exact) mass is 357 g/mol. The number of thiazole rings is 1. The number of carbonyl (C=O) groups is 1. The van der Waals surface area contributed by atoms with Gasteiger partial charge in [-0.1, -0.05) is 6.92 Å². The Morgan fingerprint density at radius 1 is 1.36 bits per heavy atom. The molecule has 22 heavy (non-hydrogen) atoms. The van der Waals surface area contributed by atoms with Gasteiger partial charge in [-0.05, 0) is 45.0 Å². The van der Waals surface area contributed by atoms with Crippen LogP contribution in [0, 0.1) is 25.7 Å². The van der Waals surface area contributed by atoms with Gasteiger partial charge in [-0.3, -0.25) is 4.79 Å². The summed E-state index contributed by atoms with van der Waals surface area (Å²) in [6.45, 7) is 8.01. The summed E-state index contributed by atoms with van der Waals surface area (Å²) in [4.78, 5) is 20.4. The third-order valence-electron chi connectivity index (χ3n) is 3.93. The normalized spacial score (nSPS) is 15.8. The highest BCUT2D eigenvalue weighted by atomic mass is 35.5. The molecule has 0 saturated carbocycles. The van der Waals surface area contributed by atoms with Crippen LogP contribution in [0.2, 0.25) is 0 Å². The summed E-state index contributed by atoms with van der Waals surface area (Å²) < 4.78 is 0. The minimum Gasteiger partial charge on any atom is -0.316 e. The van der Waals surface area contributed by atoms with Crippen molar-refractivity contribution in [1.82, 2.24) is 10.3 Å². The Morgan fingerprint density at radius 2 is 2.09 bits per heavy atom. The molecule has 0 aliphatic carbocycles. The van der Waals surface area contributed by atoms with E-state index in [0.29, 0.717) is 11.0 Å². The highest BCUT2D eigenvalue weighted by molar-refractivity contribution is 7.18. The Bertz CT molecular complexity index is 664. The Balaban J connectivity index is 0.00000176. The van der Waals surface area contributed by atoms with Gasteiger partial charge in [-0.15, -0.1) is 35.1 Å². The van der Waals surface area contributed by atoms with Crippen LogP contribution < -0.4 is 10.6 Å². The molecule has 2 aromatic rings. The number of aryl methyl sites for hydroxylation is 2. The molecule has 4 nitrogen and oxygen atoms in total. The largest absolute Gasteiger partial charge is 0.316 e. The molecule has 2 aromatic heterocycles. The van der Waals surface area contributed by atoms with Crippen molar-refractivity contribution in [3.05, 3.63) is 21.9 Å². The zero-order valence-electron chi connectivity index (χ0n) is 12.8. The van der Waals surface area contributed by atoms with Crippen molar-refractivity contribution in [2.24, 2.45) is 11.8 Å². The standard InChI is InChI=1S/C15H19N3OS2.ClH/c1-8-4-5-12(20-8)13-10(3)21-15(17-13)18-14(19)9(2)11-6-16-7-11;/h4-5,9,11,16H,6-7H2,1-3H3,(H,17,18,19);1H. The number of nitrogens with one attached hydrogen (secondary N) is 2. The lowest BCUT2D eigenvalue weighted by molar-refractivity contribution is -0.121. The van der Waals surface area contributed by atoms with Crippen LogP contribution in [0.4, 0.5) is 5.13 Å². The molecule has 1 fully saturated rings. The van der Waals surface area contributed by atoms with Crippen molar-refractivity contribution in [1.29, 1.82) is 0 Å². The minimum atomic E-state index is 0. The van der Waals surface area contributed by atoms with Gasteiger partial charge in [0, 0.05) is 15.7 Å². The van der Waals surface area contributed by atoms with Crippen molar-refractivity contribution >= 4 is 46.1 Å². The summed E-state index contributed by atoms with van der Waals surface area (Å²) >= 11 is 3.28. The van der Waals surface area contributed by atoms with Gasteiger partial charge in [0.1, 0.15) is 0 Å².